The van der Waals surface area contributed by atoms with Gasteiger partial charge >= 0.3 is 18.1 Å². The first-order valence-electron chi connectivity index (χ1n) is 7.62. The minimum absolute atomic E-state index is 0.183. The van der Waals surface area contributed by atoms with Crippen molar-refractivity contribution in [2.45, 2.75) is 31.7 Å². The van der Waals surface area contributed by atoms with Gasteiger partial charge in [-0.15, -0.1) is 11.3 Å². The number of hydrogen-bond donors (Lipinski definition) is 3. The van der Waals surface area contributed by atoms with E-state index in [0.717, 1.165) is 0 Å². The summed E-state index contributed by atoms with van der Waals surface area (Å²) in [6, 6.07) is 0. The largest absolute Gasteiger partial charge is 0.490 e. The monoisotopic (exact) mass is 423 g/mol. The van der Waals surface area contributed by atoms with Crippen LogP contribution in [0.2, 0.25) is 0 Å². The number of nitrogens with zero attached hydrogens (tertiary/aromatic N) is 4. The van der Waals surface area contributed by atoms with Crippen molar-refractivity contribution in [3.05, 3.63) is 5.51 Å². The Kier molecular flexibility index (Phi) is 5.94. The second-order valence-corrected chi connectivity index (χ2v) is 7.14. The fourth-order valence-corrected chi connectivity index (χ4v) is 3.04. The summed E-state index contributed by atoms with van der Waals surface area (Å²) in [4.78, 5) is 35.4. The maximum absolute atomic E-state index is 11.2. The summed E-state index contributed by atoms with van der Waals surface area (Å²) in [5, 5.41) is 16.3. The van der Waals surface area contributed by atoms with Gasteiger partial charge in [0.2, 0.25) is 5.95 Å². The van der Waals surface area contributed by atoms with E-state index in [1.807, 2.05) is 13.8 Å². The Morgan fingerprint density at radius 1 is 1.36 bits per heavy atom. The van der Waals surface area contributed by atoms with Crippen LogP contribution in [0, 0.1) is 0 Å². The highest BCUT2D eigenvalue weighted by atomic mass is 32.1. The Morgan fingerprint density at radius 3 is 2.50 bits per heavy atom. The number of carboxylic acid groups (broad SMARTS) is 2. The van der Waals surface area contributed by atoms with E-state index in [1.165, 1.54) is 11.3 Å². The van der Waals surface area contributed by atoms with Crippen LogP contribution in [0.3, 0.4) is 0 Å². The topological polar surface area (TPSA) is 152 Å². The summed E-state index contributed by atoms with van der Waals surface area (Å²) in [5.41, 5.74) is 7.51. The van der Waals surface area contributed by atoms with Crippen LogP contribution < -0.4 is 10.6 Å². The van der Waals surface area contributed by atoms with Crippen molar-refractivity contribution >= 4 is 45.4 Å². The number of carbonyl (C=O) groups is 2. The number of nitrogens with two attached hydrogens (primary N) is 1. The fourth-order valence-electron chi connectivity index (χ4n) is 2.38. The van der Waals surface area contributed by atoms with Gasteiger partial charge in [0.15, 0.2) is 16.8 Å². The van der Waals surface area contributed by atoms with Crippen LogP contribution in [-0.2, 0) is 14.3 Å². The lowest BCUT2D eigenvalue weighted by Crippen LogP contribution is -2.55. The van der Waals surface area contributed by atoms with Crippen molar-refractivity contribution < 1.29 is 37.7 Å². The van der Waals surface area contributed by atoms with Gasteiger partial charge in [-0.05, 0) is 13.8 Å². The maximum Gasteiger partial charge on any atom is 0.490 e. The number of nitrogen functional groups attached to an aromatic ring is 1. The van der Waals surface area contributed by atoms with E-state index >= 15 is 0 Å². The van der Waals surface area contributed by atoms with Gasteiger partial charge in [-0.1, -0.05) is 0 Å². The predicted molar refractivity (Wildman–Crippen MR) is 92.1 cm³/mol. The van der Waals surface area contributed by atoms with Crippen LogP contribution in [-0.4, -0.2) is 68.1 Å². The van der Waals surface area contributed by atoms with Crippen LogP contribution in [0.1, 0.15) is 13.8 Å². The first-order chi connectivity index (χ1) is 12.8. The lowest BCUT2D eigenvalue weighted by atomic mass is 10.1. The number of thiazole rings is 1. The number of aromatic nitrogens is 3. The molecule has 154 valence electrons. The molecular formula is C14H16F3N5O5S. The van der Waals surface area contributed by atoms with Gasteiger partial charge in [-0.25, -0.2) is 14.6 Å². The van der Waals surface area contributed by atoms with Crippen molar-refractivity contribution in [2.24, 2.45) is 0 Å². The highest BCUT2D eigenvalue weighted by Gasteiger charge is 2.39. The summed E-state index contributed by atoms with van der Waals surface area (Å²) in [6.07, 6.45) is -6.00. The summed E-state index contributed by atoms with van der Waals surface area (Å²) in [7, 11) is 0. The lowest BCUT2D eigenvalue weighted by Gasteiger charge is -2.41. The molecule has 2 aromatic rings. The Balaban J connectivity index is 0.000000345. The highest BCUT2D eigenvalue weighted by Crippen LogP contribution is 2.28. The third kappa shape index (κ3) is 5.16. The van der Waals surface area contributed by atoms with E-state index in [4.69, 9.17) is 20.4 Å². The van der Waals surface area contributed by atoms with Gasteiger partial charge in [-0.3, -0.25) is 0 Å². The Labute approximate surface area is 159 Å². The van der Waals surface area contributed by atoms with Crippen LogP contribution in [0.25, 0.3) is 10.3 Å². The molecule has 1 fully saturated rings. The van der Waals surface area contributed by atoms with E-state index < -0.39 is 29.8 Å². The average Bonchev–Trinajstić information content (AvgIpc) is 3.02. The number of hydrogen-bond acceptors (Lipinski definition) is 9. The van der Waals surface area contributed by atoms with Crippen LogP contribution in [0.5, 0.6) is 0 Å². The normalized spacial score (nSPS) is 19.0. The zero-order valence-electron chi connectivity index (χ0n) is 14.6. The SMILES string of the molecule is CC1(C)CN(c2nc(N)c3ncsc3n2)CC(C(=O)O)O1.O=C(O)C(F)(F)F. The molecule has 3 rings (SSSR count). The third-order valence-electron chi connectivity index (χ3n) is 3.43. The Morgan fingerprint density at radius 2 is 1.96 bits per heavy atom. The standard InChI is InChI=1S/C12H15N5O3S.C2HF3O2/c1-12(2)4-17(3-6(20-12)10(18)19)11-15-8(13)7-9(16-11)21-5-14-7;3-2(4,5)1(6)7/h5-6H,3-4H2,1-2H3,(H,18,19)(H2,13,15,16);(H,6,7). The minimum Gasteiger partial charge on any atom is -0.479 e. The fraction of sp³-hybridized carbons (Fsp3) is 0.500. The lowest BCUT2D eigenvalue weighted by molar-refractivity contribution is -0.192. The first kappa shape index (κ1) is 21.6. The van der Waals surface area contributed by atoms with Gasteiger partial charge < -0.3 is 25.6 Å². The summed E-state index contributed by atoms with van der Waals surface area (Å²) in [6.45, 7) is 4.34. The number of morpholine rings is 1. The Bertz CT molecular complexity index is 888. The molecule has 1 saturated heterocycles. The van der Waals surface area contributed by atoms with Crippen molar-refractivity contribution in [1.29, 1.82) is 0 Å². The van der Waals surface area contributed by atoms with Gasteiger partial charge in [0, 0.05) is 6.54 Å². The molecule has 0 saturated carbocycles. The molecule has 1 atom stereocenters. The molecule has 0 bridgehead atoms. The molecule has 4 N–H and O–H groups in total. The molecule has 1 aliphatic rings. The average molecular weight is 423 g/mol. The van der Waals surface area contributed by atoms with Crippen molar-refractivity contribution in [3.8, 4) is 0 Å². The van der Waals surface area contributed by atoms with E-state index in [-0.39, 0.29) is 6.54 Å². The van der Waals surface area contributed by atoms with Crippen LogP contribution in [0.4, 0.5) is 24.9 Å². The van der Waals surface area contributed by atoms with Crippen molar-refractivity contribution in [3.63, 3.8) is 0 Å². The minimum atomic E-state index is -5.08. The number of aliphatic carboxylic acids is 2. The molecule has 1 aliphatic heterocycles. The molecule has 10 nitrogen and oxygen atoms in total. The van der Waals surface area contributed by atoms with E-state index in [1.54, 1.807) is 10.4 Å². The first-order valence-corrected chi connectivity index (χ1v) is 8.50. The number of fused-ring (bicyclic) bond motifs is 1. The highest BCUT2D eigenvalue weighted by molar-refractivity contribution is 7.16. The Hall–Kier alpha value is -2.74. The quantitative estimate of drug-likeness (QED) is 0.646. The molecule has 2 aromatic heterocycles. The molecular weight excluding hydrogens is 407 g/mol. The van der Waals surface area contributed by atoms with Gasteiger partial charge in [0.05, 0.1) is 17.7 Å². The van der Waals surface area contributed by atoms with Gasteiger partial charge in [0.1, 0.15) is 5.52 Å². The molecule has 0 spiro atoms. The van der Waals surface area contributed by atoms with E-state index in [9.17, 15) is 23.1 Å². The maximum atomic E-state index is 11.2. The summed E-state index contributed by atoms with van der Waals surface area (Å²) >= 11 is 1.37. The predicted octanol–water partition coefficient (Wildman–Crippen LogP) is 1.37. The number of anilines is 2. The van der Waals surface area contributed by atoms with E-state index in [0.29, 0.717) is 28.7 Å². The molecule has 14 heteroatoms. The molecule has 0 aromatic carbocycles. The van der Waals surface area contributed by atoms with Gasteiger partial charge in [-0.2, -0.15) is 23.1 Å². The van der Waals surface area contributed by atoms with Crippen molar-refractivity contribution in [2.75, 3.05) is 23.7 Å². The van der Waals surface area contributed by atoms with Crippen molar-refractivity contribution in [1.82, 2.24) is 15.0 Å². The number of rotatable bonds is 2. The zero-order chi connectivity index (χ0) is 21.3. The molecule has 0 aliphatic carbocycles. The number of ether oxygens (including phenoxy) is 1. The molecule has 0 amide bonds. The third-order valence-corrected chi connectivity index (χ3v) is 4.15. The number of alkyl halides is 3. The molecule has 3 heterocycles. The molecule has 0 radical (unpaired) electrons. The smallest absolute Gasteiger partial charge is 0.479 e. The summed E-state index contributed by atoms with van der Waals surface area (Å²) in [5.74, 6) is -3.05. The molecule has 28 heavy (non-hydrogen) atoms. The molecule has 1 unspecified atom stereocenters. The van der Waals surface area contributed by atoms with Gasteiger partial charge in [0.25, 0.3) is 0 Å². The zero-order valence-corrected chi connectivity index (χ0v) is 15.4. The second-order valence-electron chi connectivity index (χ2n) is 6.30. The van der Waals surface area contributed by atoms with E-state index in [2.05, 4.69) is 15.0 Å². The number of carboxylic acids is 2. The second kappa shape index (κ2) is 7.71. The van der Waals surface area contributed by atoms with Crippen LogP contribution in [0.15, 0.2) is 5.51 Å². The summed E-state index contributed by atoms with van der Waals surface area (Å²) < 4.78 is 37.3. The van der Waals surface area contributed by atoms with Crippen LogP contribution >= 0.6 is 11.3 Å². The number of halogens is 3.